The molecule has 11 aliphatic carbocycles. The van der Waals surface area contributed by atoms with Crippen molar-refractivity contribution in [2.75, 3.05) is 132 Å². The van der Waals surface area contributed by atoms with E-state index in [2.05, 4.69) is 0 Å². The van der Waals surface area contributed by atoms with E-state index in [9.17, 15) is 0 Å². The molecule has 117 heavy (non-hydrogen) atoms. The van der Waals surface area contributed by atoms with Crippen LogP contribution in [0.15, 0.2) is 0 Å². The van der Waals surface area contributed by atoms with Crippen molar-refractivity contribution in [1.29, 1.82) is 0 Å². The second-order valence-corrected chi connectivity index (χ2v) is 40.7. The van der Waals surface area contributed by atoms with Crippen LogP contribution < -0.4 is 0 Å². The fourth-order valence-corrected chi connectivity index (χ4v) is 25.1. The largest absolute Gasteiger partial charge is 0.381 e. The van der Waals surface area contributed by atoms with Crippen LogP contribution in [0.3, 0.4) is 0 Å². The summed E-state index contributed by atoms with van der Waals surface area (Å²) < 4.78 is 87.0. The highest BCUT2D eigenvalue weighted by molar-refractivity contribution is 4.93. The number of ether oxygens (including phenoxy) is 16. The van der Waals surface area contributed by atoms with E-state index in [1.807, 2.05) is 0 Å². The monoisotopic (exact) mass is 1650 g/mol. The summed E-state index contributed by atoms with van der Waals surface area (Å²) in [5.74, 6) is 11.7. The predicted molar refractivity (Wildman–Crippen MR) is 465 cm³/mol. The molecule has 678 valence electrons. The predicted octanol–water partition coefficient (Wildman–Crippen LogP) is 22.5. The average molecular weight is 1650 g/mol. The minimum Gasteiger partial charge on any atom is -0.381 e. The lowest BCUT2D eigenvalue weighted by Gasteiger charge is -2.49. The highest BCUT2D eigenvalue weighted by Gasteiger charge is 2.44. The maximum Gasteiger partial charge on any atom is 0.0837 e. The van der Waals surface area contributed by atoms with Crippen LogP contribution in [0.5, 0.6) is 0 Å². The van der Waals surface area contributed by atoms with Crippen molar-refractivity contribution in [2.45, 2.75) is 439 Å². The molecule has 11 saturated carbocycles. The van der Waals surface area contributed by atoms with Crippen molar-refractivity contribution in [3.63, 3.8) is 0 Å². The molecule has 0 N–H and O–H groups in total. The molecule has 18 atom stereocenters. The Morgan fingerprint density at radius 3 is 0.803 bits per heavy atom. The average Bonchev–Trinajstić information content (AvgIpc) is 1.79. The first kappa shape index (κ1) is 94.0. The molecule has 16 aliphatic heterocycles. The van der Waals surface area contributed by atoms with E-state index < -0.39 is 0 Å². The Hall–Kier alpha value is -0.640. The van der Waals surface area contributed by atoms with Gasteiger partial charge in [0.1, 0.15) is 0 Å². The second-order valence-electron chi connectivity index (χ2n) is 40.7. The first-order valence-corrected chi connectivity index (χ1v) is 51.7. The summed E-state index contributed by atoms with van der Waals surface area (Å²) in [6.07, 6.45) is 85.1. The molecule has 16 nitrogen and oxygen atoms in total. The Morgan fingerprint density at radius 1 is 0.128 bits per heavy atom. The number of fused-ring (bicyclic) bond motifs is 12. The highest BCUT2D eigenvalue weighted by Crippen LogP contribution is 2.48. The Morgan fingerprint density at radius 2 is 0.427 bits per heavy atom. The van der Waals surface area contributed by atoms with Gasteiger partial charge in [0.2, 0.25) is 0 Å². The van der Waals surface area contributed by atoms with Crippen molar-refractivity contribution < 1.29 is 75.8 Å². The zero-order valence-electron chi connectivity index (χ0n) is 74.8. The zero-order chi connectivity index (χ0) is 79.6. The van der Waals surface area contributed by atoms with Gasteiger partial charge in [-0.15, -0.1) is 0 Å². The Labute approximate surface area is 714 Å². The van der Waals surface area contributed by atoms with Gasteiger partial charge in [-0.1, -0.05) is 103 Å². The maximum atomic E-state index is 5.82. The molecular formula is C101H178O16. The third kappa shape index (κ3) is 34.1. The standard InChI is InChI=1S/C9H14O.2C9H16O.C8H14O2.4C8H14O.C7H12O2.2C6H10O.C6H12O.C5H10O.C4H8O/c1-6-2-8-4-7(1)5-9(3-6)10-8;1-2-6-9-8(4-1)5-3-7-10-9;1-2-4-9-7-10-6-5-8(9)3-1;1-2-4-8-7(3-1)9-5-6-10-8;1-3-7-4-2-6-9-8(7)5-1;1-2-7-4-5-9-6-8(7)3-1;1-2-4-8-6-9-5-7(8)3-1;1-2-4-8-7(3-1)5-6-9-8;1-2-6-7(3-1)9-5-4-8-6;1-2-6-3-5(1)4-7-6;1-2-6-4-3-5(1)7-6;1-2-4-6-7-5-3-1;1-2-4-6-5-3-1;1-2-4-5-3-1/h6-9H,1-5H2;2*8-9H,1-7H2;7-8H,1-6H2;4*7-8H,1-6H2;6-7H,1-5H2;2*5-6H,1-4H2;1-6H2;1-5H2;1-4H2. The maximum absolute atomic E-state index is 5.82. The van der Waals surface area contributed by atoms with Crippen molar-refractivity contribution in [2.24, 2.45) is 71.0 Å². The Balaban J connectivity index is 0.000000110. The summed E-state index contributed by atoms with van der Waals surface area (Å²) in [7, 11) is 0. The van der Waals surface area contributed by atoms with Crippen LogP contribution in [0, 0.1) is 71.0 Å². The smallest absolute Gasteiger partial charge is 0.0837 e. The highest BCUT2D eigenvalue weighted by atomic mass is 16.6. The van der Waals surface area contributed by atoms with Crippen molar-refractivity contribution in [1.82, 2.24) is 0 Å². The molecule has 0 aromatic heterocycles. The fraction of sp³-hybridized carbons (Fsp3) is 1.00. The van der Waals surface area contributed by atoms with Gasteiger partial charge in [-0.3, -0.25) is 0 Å². The van der Waals surface area contributed by atoms with Gasteiger partial charge in [0.15, 0.2) is 0 Å². The molecule has 18 unspecified atom stereocenters. The lowest BCUT2D eigenvalue weighted by Crippen LogP contribution is -2.45. The first-order valence-electron chi connectivity index (χ1n) is 51.7. The molecule has 0 aromatic carbocycles. The van der Waals surface area contributed by atoms with Crippen molar-refractivity contribution in [3.8, 4) is 0 Å². The van der Waals surface area contributed by atoms with Crippen LogP contribution in [0.1, 0.15) is 366 Å². The molecule has 0 aromatic rings. The van der Waals surface area contributed by atoms with Crippen molar-refractivity contribution in [3.05, 3.63) is 0 Å². The van der Waals surface area contributed by atoms with Gasteiger partial charge in [0, 0.05) is 106 Å². The van der Waals surface area contributed by atoms with Crippen LogP contribution in [0.25, 0.3) is 0 Å². The molecule has 16 heteroatoms. The van der Waals surface area contributed by atoms with Gasteiger partial charge in [0.05, 0.1) is 99.7 Å². The number of rotatable bonds is 0. The topological polar surface area (TPSA) is 148 Å². The van der Waals surface area contributed by atoms with E-state index in [0.717, 1.165) is 203 Å². The minimum absolute atomic E-state index is 0.433. The van der Waals surface area contributed by atoms with Crippen LogP contribution in [-0.4, -0.2) is 205 Å². The lowest BCUT2D eigenvalue weighted by molar-refractivity contribution is -0.154. The summed E-state index contributed by atoms with van der Waals surface area (Å²) in [5, 5.41) is 0. The molecule has 27 fully saturated rings. The van der Waals surface area contributed by atoms with Crippen LogP contribution >= 0.6 is 0 Å². The van der Waals surface area contributed by atoms with Gasteiger partial charge in [-0.2, -0.15) is 0 Å². The zero-order valence-corrected chi connectivity index (χ0v) is 74.8. The molecule has 27 aliphatic rings. The van der Waals surface area contributed by atoms with E-state index in [1.165, 1.54) is 366 Å². The summed E-state index contributed by atoms with van der Waals surface area (Å²) in [6, 6.07) is 0. The van der Waals surface area contributed by atoms with E-state index in [4.69, 9.17) is 75.8 Å². The third-order valence-corrected chi connectivity index (χ3v) is 32.0. The van der Waals surface area contributed by atoms with Gasteiger partial charge in [0.25, 0.3) is 0 Å². The van der Waals surface area contributed by atoms with Crippen LogP contribution in [0.4, 0.5) is 0 Å². The second kappa shape index (κ2) is 55.8. The van der Waals surface area contributed by atoms with Crippen LogP contribution in [-0.2, 0) is 75.8 Å². The molecule has 8 bridgehead atoms. The summed E-state index contributed by atoms with van der Waals surface area (Å²) in [5.41, 5.74) is 0. The van der Waals surface area contributed by atoms with E-state index in [-0.39, 0.29) is 0 Å². The number of hydrogen-bond acceptors (Lipinski definition) is 16. The molecule has 0 spiro atoms. The summed E-state index contributed by atoms with van der Waals surface area (Å²) in [4.78, 5) is 0. The molecule has 0 radical (unpaired) electrons. The Bertz CT molecular complexity index is 1980. The third-order valence-electron chi connectivity index (χ3n) is 32.0. The number of hydrogen-bond donors (Lipinski definition) is 0. The minimum atomic E-state index is 0.433. The molecule has 16 saturated heterocycles. The fourth-order valence-electron chi connectivity index (χ4n) is 25.1. The quantitative estimate of drug-likeness (QED) is 0.226. The summed E-state index contributed by atoms with van der Waals surface area (Å²) in [6.45, 7) is 19.7. The Kier molecular flexibility index (Phi) is 44.9. The molecular weight excluding hydrogens is 1470 g/mol. The van der Waals surface area contributed by atoms with E-state index in [0.29, 0.717) is 73.2 Å². The van der Waals surface area contributed by atoms with Crippen LogP contribution in [0.2, 0.25) is 0 Å². The van der Waals surface area contributed by atoms with E-state index in [1.54, 1.807) is 0 Å². The van der Waals surface area contributed by atoms with Gasteiger partial charge in [-0.25, -0.2) is 0 Å². The van der Waals surface area contributed by atoms with Gasteiger partial charge in [-0.05, 0) is 334 Å². The summed E-state index contributed by atoms with van der Waals surface area (Å²) >= 11 is 0. The first-order chi connectivity index (χ1) is 58.0. The molecule has 16 heterocycles. The van der Waals surface area contributed by atoms with Crippen molar-refractivity contribution >= 4 is 0 Å². The van der Waals surface area contributed by atoms with Gasteiger partial charge < -0.3 is 75.8 Å². The molecule has 27 rings (SSSR count). The lowest BCUT2D eigenvalue weighted by atomic mass is 9.67. The van der Waals surface area contributed by atoms with E-state index >= 15 is 0 Å². The van der Waals surface area contributed by atoms with Gasteiger partial charge >= 0.3 is 0 Å². The normalized spacial score (nSPS) is 41.2. The SMILES string of the molecule is C1C2CC3CC1CC(C2)O3.C1CC2CC1CO2.C1CC2CCC1O2.C1CC2CCOCC2C1.C1CC2OCCOC2C1.C1CCC2COCC2C1.C1CCC2COCCC2C1.C1CCC2OCCC2C1.C1CCC2OCCCC2C1.C1CCC2OCCOC2C1.C1CCCOCC1.C1CCOC1.C1CCOCC1.C1COC2CCCC2C1. The molecule has 0 amide bonds.